The molecule has 1 aliphatic rings. The van der Waals surface area contributed by atoms with E-state index in [-0.39, 0.29) is 18.7 Å². The van der Waals surface area contributed by atoms with Crippen molar-refractivity contribution in [1.29, 1.82) is 0 Å². The smallest absolute Gasteiger partial charge is 0.417 e. The number of hydrogen-bond donors (Lipinski definition) is 2. The summed E-state index contributed by atoms with van der Waals surface area (Å²) in [6.45, 7) is 5.11. The molecular weight excluding hydrogens is 527 g/mol. The number of nitrogens with zero attached hydrogens (tertiary/aromatic N) is 5. The molecule has 4 rings (SSSR count). The fourth-order valence-corrected chi connectivity index (χ4v) is 4.19. The molecule has 0 spiro atoms. The highest BCUT2D eigenvalue weighted by Crippen LogP contribution is 2.37. The van der Waals surface area contributed by atoms with Gasteiger partial charge in [-0.05, 0) is 51.1 Å². The first-order valence-electron chi connectivity index (χ1n) is 11.5. The third-order valence-corrected chi connectivity index (χ3v) is 6.05. The van der Waals surface area contributed by atoms with Gasteiger partial charge in [0.15, 0.2) is 0 Å². The molecule has 1 aliphatic heterocycles. The number of halogens is 4. The number of anilines is 2. The lowest BCUT2D eigenvalue weighted by atomic mass is 10.1. The summed E-state index contributed by atoms with van der Waals surface area (Å²) >= 11 is 5.68. The highest BCUT2D eigenvalue weighted by Gasteiger charge is 2.43. The van der Waals surface area contributed by atoms with E-state index in [0.29, 0.717) is 17.1 Å². The van der Waals surface area contributed by atoms with Crippen LogP contribution >= 0.6 is 11.6 Å². The zero-order valence-corrected chi connectivity index (χ0v) is 21.4. The molecule has 202 valence electrons. The molecule has 38 heavy (non-hydrogen) atoms. The molecular formula is C24H25ClF3N7O3. The first-order valence-corrected chi connectivity index (χ1v) is 11.9. The standard InChI is InChI=1S/C24H25ClF3N7O3/c1-23(2,3)38-22(37)34-11-15(35-12-18(32-33-35)13-4-7-20(29)30-10-13)9-19(34)21(36)31-14-5-6-17(25)16(8-14)24(26,27)28/h4-8,10,12,15,19H,9,11H2,1-3H3,(H2,29,30)(H,31,36)/t15-,19-/m0/s1. The van der Waals surface area contributed by atoms with Crippen molar-refractivity contribution in [1.82, 2.24) is 24.9 Å². The monoisotopic (exact) mass is 551 g/mol. The molecule has 14 heteroatoms. The predicted molar refractivity (Wildman–Crippen MR) is 133 cm³/mol. The van der Waals surface area contributed by atoms with Gasteiger partial charge in [0.05, 0.1) is 22.8 Å². The number of hydrogen-bond acceptors (Lipinski definition) is 7. The number of ether oxygens (including phenoxy) is 1. The Morgan fingerprint density at radius 1 is 1.18 bits per heavy atom. The molecule has 3 heterocycles. The van der Waals surface area contributed by atoms with Gasteiger partial charge in [-0.25, -0.2) is 14.5 Å². The number of likely N-dealkylation sites (tertiary alicyclic amines) is 1. The Balaban J connectivity index is 1.58. The van der Waals surface area contributed by atoms with Crippen molar-refractivity contribution in [3.8, 4) is 11.3 Å². The van der Waals surface area contributed by atoms with Gasteiger partial charge in [-0.2, -0.15) is 13.2 Å². The van der Waals surface area contributed by atoms with Crippen molar-refractivity contribution >= 4 is 35.1 Å². The van der Waals surface area contributed by atoms with Crippen LogP contribution in [0.3, 0.4) is 0 Å². The number of aromatic nitrogens is 4. The Morgan fingerprint density at radius 2 is 1.92 bits per heavy atom. The second kappa shape index (κ2) is 10.1. The Bertz CT molecular complexity index is 1340. The van der Waals surface area contributed by atoms with Gasteiger partial charge in [-0.15, -0.1) is 5.10 Å². The molecule has 1 saturated heterocycles. The molecule has 3 N–H and O–H groups in total. The van der Waals surface area contributed by atoms with Gasteiger partial charge in [0.1, 0.15) is 23.2 Å². The lowest BCUT2D eigenvalue weighted by molar-refractivity contribution is -0.137. The maximum atomic E-state index is 13.3. The van der Waals surface area contributed by atoms with Crippen LogP contribution in [0.5, 0.6) is 0 Å². The van der Waals surface area contributed by atoms with Gasteiger partial charge < -0.3 is 15.8 Å². The van der Waals surface area contributed by atoms with Crippen molar-refractivity contribution in [3.05, 3.63) is 53.3 Å². The van der Waals surface area contributed by atoms with Gasteiger partial charge in [0, 0.05) is 30.4 Å². The molecule has 10 nitrogen and oxygen atoms in total. The number of pyridine rings is 1. The number of nitrogens with one attached hydrogen (secondary N) is 1. The molecule has 0 radical (unpaired) electrons. The van der Waals surface area contributed by atoms with Crippen molar-refractivity contribution in [2.45, 2.75) is 51.1 Å². The Kier molecular flexibility index (Phi) is 7.24. The summed E-state index contributed by atoms with van der Waals surface area (Å²) in [5.41, 5.74) is 4.78. The maximum absolute atomic E-state index is 13.3. The van der Waals surface area contributed by atoms with E-state index in [0.717, 1.165) is 12.1 Å². The number of rotatable bonds is 4. The number of amides is 2. The van der Waals surface area contributed by atoms with Crippen LogP contribution < -0.4 is 11.1 Å². The second-order valence-electron chi connectivity index (χ2n) is 9.78. The quantitative estimate of drug-likeness (QED) is 0.477. The van der Waals surface area contributed by atoms with E-state index in [4.69, 9.17) is 22.1 Å². The molecule has 0 unspecified atom stereocenters. The third-order valence-electron chi connectivity index (χ3n) is 5.72. The van der Waals surface area contributed by atoms with Gasteiger partial charge in [0.25, 0.3) is 0 Å². The van der Waals surface area contributed by atoms with E-state index in [9.17, 15) is 22.8 Å². The number of nitrogens with two attached hydrogens (primary N) is 1. The molecule has 3 aromatic rings. The Morgan fingerprint density at radius 3 is 2.55 bits per heavy atom. The van der Waals surface area contributed by atoms with E-state index in [1.54, 1.807) is 45.3 Å². The minimum atomic E-state index is -4.70. The van der Waals surface area contributed by atoms with E-state index in [2.05, 4.69) is 20.6 Å². The molecule has 2 aromatic heterocycles. The zero-order valence-electron chi connectivity index (χ0n) is 20.7. The van der Waals surface area contributed by atoms with Crippen LogP contribution in [0.2, 0.25) is 5.02 Å². The van der Waals surface area contributed by atoms with E-state index < -0.39 is 46.4 Å². The van der Waals surface area contributed by atoms with Crippen molar-refractivity contribution in [3.63, 3.8) is 0 Å². The SMILES string of the molecule is CC(C)(C)OC(=O)N1C[C@@H](n2cc(-c3ccc(N)nc3)nn2)C[C@H]1C(=O)Nc1ccc(Cl)c(C(F)(F)F)c1. The van der Waals surface area contributed by atoms with Crippen LogP contribution in [0.1, 0.15) is 38.8 Å². The van der Waals surface area contributed by atoms with Crippen LogP contribution in [-0.4, -0.2) is 55.1 Å². The van der Waals surface area contributed by atoms with Gasteiger partial charge >= 0.3 is 12.3 Å². The molecule has 0 aliphatic carbocycles. The highest BCUT2D eigenvalue weighted by molar-refractivity contribution is 6.31. The minimum Gasteiger partial charge on any atom is -0.444 e. The van der Waals surface area contributed by atoms with Gasteiger partial charge in [-0.1, -0.05) is 16.8 Å². The van der Waals surface area contributed by atoms with Gasteiger partial charge in [-0.3, -0.25) is 9.69 Å². The Labute approximate surface area is 220 Å². The lowest BCUT2D eigenvalue weighted by Crippen LogP contribution is -2.45. The normalized spacial score (nSPS) is 17.9. The van der Waals surface area contributed by atoms with Crippen molar-refractivity contribution in [2.24, 2.45) is 0 Å². The molecule has 0 bridgehead atoms. The number of benzene rings is 1. The fourth-order valence-electron chi connectivity index (χ4n) is 3.97. The average Bonchev–Trinajstić information content (AvgIpc) is 3.47. The summed E-state index contributed by atoms with van der Waals surface area (Å²) in [6.07, 6.45) is -2.13. The summed E-state index contributed by atoms with van der Waals surface area (Å²) in [4.78, 5) is 31.5. The third kappa shape index (κ3) is 6.15. The van der Waals surface area contributed by atoms with E-state index >= 15 is 0 Å². The number of carbonyl (C=O) groups excluding carboxylic acids is 2. The zero-order chi connectivity index (χ0) is 27.8. The lowest BCUT2D eigenvalue weighted by Gasteiger charge is -2.28. The summed E-state index contributed by atoms with van der Waals surface area (Å²) in [5.74, 6) is -0.335. The van der Waals surface area contributed by atoms with E-state index in [1.807, 2.05) is 0 Å². The minimum absolute atomic E-state index is 0.0597. The summed E-state index contributed by atoms with van der Waals surface area (Å²) in [7, 11) is 0. The van der Waals surface area contributed by atoms with Crippen molar-refractivity contribution in [2.75, 3.05) is 17.6 Å². The second-order valence-corrected chi connectivity index (χ2v) is 10.2. The largest absolute Gasteiger partial charge is 0.444 e. The van der Waals surface area contributed by atoms with Crippen molar-refractivity contribution < 1.29 is 27.5 Å². The topological polar surface area (TPSA) is 128 Å². The molecule has 2 amide bonds. The maximum Gasteiger partial charge on any atom is 0.417 e. The number of nitrogen functional groups attached to an aromatic ring is 1. The number of carbonyl (C=O) groups is 2. The first-order chi connectivity index (χ1) is 17.7. The van der Waals surface area contributed by atoms with E-state index in [1.165, 1.54) is 15.6 Å². The van der Waals surface area contributed by atoms with Crippen LogP contribution in [0.25, 0.3) is 11.3 Å². The highest BCUT2D eigenvalue weighted by atomic mass is 35.5. The van der Waals surface area contributed by atoms with Gasteiger partial charge in [0.2, 0.25) is 5.91 Å². The fraction of sp³-hybridized carbons (Fsp3) is 0.375. The first kappa shape index (κ1) is 27.2. The summed E-state index contributed by atoms with van der Waals surface area (Å²) < 4.78 is 46.9. The molecule has 0 saturated carbocycles. The van der Waals surface area contributed by atoms with Crippen LogP contribution in [0, 0.1) is 0 Å². The summed E-state index contributed by atoms with van der Waals surface area (Å²) in [6, 6.07) is 4.89. The van der Waals surface area contributed by atoms with Crippen LogP contribution in [0.4, 0.5) is 29.5 Å². The summed E-state index contributed by atoms with van der Waals surface area (Å²) in [5, 5.41) is 10.3. The molecule has 1 fully saturated rings. The van der Waals surface area contributed by atoms with Crippen LogP contribution in [-0.2, 0) is 15.7 Å². The Hall–Kier alpha value is -3.87. The average molecular weight is 552 g/mol. The molecule has 2 atom stereocenters. The molecule has 1 aromatic carbocycles. The van der Waals surface area contributed by atoms with Crippen LogP contribution in [0.15, 0.2) is 42.7 Å². The predicted octanol–water partition coefficient (Wildman–Crippen LogP) is 4.78. The number of alkyl halides is 3.